The molecule has 0 spiro atoms. The van der Waals surface area contributed by atoms with Gasteiger partial charge < -0.3 is 5.32 Å². The summed E-state index contributed by atoms with van der Waals surface area (Å²) in [6.45, 7) is 1.86. The number of anilines is 2. The Hall–Kier alpha value is -2.13. The fourth-order valence-electron chi connectivity index (χ4n) is 2.10. The summed E-state index contributed by atoms with van der Waals surface area (Å²) < 4.78 is 13.9. The smallest absolute Gasteiger partial charge is 0.146 e. The minimum absolute atomic E-state index is 0.274. The SMILES string of the molecule is Cc1ccc(Nc2ccnc3cc(Cl)ccc23)c(F)c1. The molecule has 0 aliphatic carbocycles. The van der Waals surface area contributed by atoms with E-state index in [1.807, 2.05) is 25.1 Å². The Balaban J connectivity index is 2.06. The van der Waals surface area contributed by atoms with Gasteiger partial charge in [-0.2, -0.15) is 0 Å². The second-order valence-corrected chi connectivity index (χ2v) is 5.06. The maximum Gasteiger partial charge on any atom is 0.146 e. The van der Waals surface area contributed by atoms with Crippen molar-refractivity contribution in [2.75, 3.05) is 5.32 Å². The molecule has 0 saturated heterocycles. The van der Waals surface area contributed by atoms with Crippen molar-refractivity contribution in [2.45, 2.75) is 6.92 Å². The molecule has 0 amide bonds. The van der Waals surface area contributed by atoms with Crippen LogP contribution in [0.5, 0.6) is 0 Å². The van der Waals surface area contributed by atoms with E-state index in [0.717, 1.165) is 22.2 Å². The molecule has 2 nitrogen and oxygen atoms in total. The summed E-state index contributed by atoms with van der Waals surface area (Å²) >= 11 is 5.95. The lowest BCUT2D eigenvalue weighted by atomic mass is 10.1. The highest BCUT2D eigenvalue weighted by atomic mass is 35.5. The van der Waals surface area contributed by atoms with E-state index in [2.05, 4.69) is 10.3 Å². The number of fused-ring (bicyclic) bond motifs is 1. The van der Waals surface area contributed by atoms with E-state index < -0.39 is 0 Å². The molecule has 0 saturated carbocycles. The Kier molecular flexibility index (Phi) is 3.28. The highest BCUT2D eigenvalue weighted by molar-refractivity contribution is 6.31. The lowest BCUT2D eigenvalue weighted by Crippen LogP contribution is -1.95. The third-order valence-electron chi connectivity index (χ3n) is 3.10. The van der Waals surface area contributed by atoms with Gasteiger partial charge in [-0.3, -0.25) is 4.98 Å². The summed E-state index contributed by atoms with van der Waals surface area (Å²) in [4.78, 5) is 4.26. The van der Waals surface area contributed by atoms with Crippen LogP contribution in [0.25, 0.3) is 10.9 Å². The molecular formula is C16H12ClFN2. The lowest BCUT2D eigenvalue weighted by molar-refractivity contribution is 0.631. The van der Waals surface area contributed by atoms with Gasteiger partial charge in [0.2, 0.25) is 0 Å². The van der Waals surface area contributed by atoms with Crippen LogP contribution in [0.4, 0.5) is 15.8 Å². The molecule has 1 aromatic heterocycles. The molecule has 3 rings (SSSR count). The van der Waals surface area contributed by atoms with E-state index in [4.69, 9.17) is 11.6 Å². The molecule has 4 heteroatoms. The average molecular weight is 287 g/mol. The highest BCUT2D eigenvalue weighted by Crippen LogP contribution is 2.28. The molecule has 0 atom stereocenters. The van der Waals surface area contributed by atoms with Crippen molar-refractivity contribution >= 4 is 33.9 Å². The van der Waals surface area contributed by atoms with Gasteiger partial charge in [0.25, 0.3) is 0 Å². The molecule has 3 aromatic rings. The summed E-state index contributed by atoms with van der Waals surface area (Å²) in [5.41, 5.74) is 2.90. The average Bonchev–Trinajstić information content (AvgIpc) is 2.41. The maximum atomic E-state index is 13.9. The van der Waals surface area contributed by atoms with Gasteiger partial charge in [-0.15, -0.1) is 0 Å². The molecule has 20 heavy (non-hydrogen) atoms. The Morgan fingerprint density at radius 2 is 1.90 bits per heavy atom. The standard InChI is InChI=1S/C16H12ClFN2/c1-10-2-5-15(13(18)8-10)20-14-6-7-19-16-9-11(17)3-4-12(14)16/h2-9H,1H3,(H,19,20). The van der Waals surface area contributed by atoms with Gasteiger partial charge in [-0.05, 0) is 48.9 Å². The Labute approximate surface area is 121 Å². The van der Waals surface area contributed by atoms with Crippen molar-refractivity contribution in [3.8, 4) is 0 Å². The molecule has 1 N–H and O–H groups in total. The van der Waals surface area contributed by atoms with E-state index in [0.29, 0.717) is 10.7 Å². The first-order valence-corrected chi connectivity index (χ1v) is 6.59. The van der Waals surface area contributed by atoms with Crippen LogP contribution in [0.2, 0.25) is 5.02 Å². The molecule has 0 bridgehead atoms. The number of nitrogens with zero attached hydrogens (tertiary/aromatic N) is 1. The Morgan fingerprint density at radius 1 is 1.05 bits per heavy atom. The van der Waals surface area contributed by atoms with E-state index in [1.165, 1.54) is 6.07 Å². The Bertz CT molecular complexity index is 787. The molecule has 0 aliphatic heterocycles. The number of nitrogens with one attached hydrogen (secondary N) is 1. The number of halogens is 2. The predicted octanol–water partition coefficient (Wildman–Crippen LogP) is 5.08. The van der Waals surface area contributed by atoms with Crippen LogP contribution in [0.15, 0.2) is 48.7 Å². The number of hydrogen-bond acceptors (Lipinski definition) is 2. The largest absolute Gasteiger partial charge is 0.353 e. The number of pyridine rings is 1. The quantitative estimate of drug-likeness (QED) is 0.710. The van der Waals surface area contributed by atoms with Gasteiger partial charge >= 0.3 is 0 Å². The summed E-state index contributed by atoms with van der Waals surface area (Å²) in [6, 6.07) is 12.4. The molecule has 0 aliphatic rings. The summed E-state index contributed by atoms with van der Waals surface area (Å²) in [5, 5.41) is 4.63. The summed E-state index contributed by atoms with van der Waals surface area (Å²) in [6.07, 6.45) is 1.67. The number of aromatic nitrogens is 1. The zero-order valence-corrected chi connectivity index (χ0v) is 11.6. The first-order chi connectivity index (χ1) is 9.63. The van der Waals surface area contributed by atoms with E-state index >= 15 is 0 Å². The second-order valence-electron chi connectivity index (χ2n) is 4.63. The summed E-state index contributed by atoms with van der Waals surface area (Å²) in [5.74, 6) is -0.274. The minimum atomic E-state index is -0.274. The highest BCUT2D eigenvalue weighted by Gasteiger charge is 2.06. The molecular weight excluding hydrogens is 275 g/mol. The van der Waals surface area contributed by atoms with Gasteiger partial charge in [0.15, 0.2) is 0 Å². The van der Waals surface area contributed by atoms with Crippen molar-refractivity contribution < 1.29 is 4.39 Å². The van der Waals surface area contributed by atoms with Crippen molar-refractivity contribution in [3.05, 3.63) is 65.1 Å². The lowest BCUT2D eigenvalue weighted by Gasteiger charge is -2.10. The van der Waals surface area contributed by atoms with Crippen molar-refractivity contribution in [1.82, 2.24) is 4.98 Å². The van der Waals surface area contributed by atoms with Crippen LogP contribution in [0.1, 0.15) is 5.56 Å². The van der Waals surface area contributed by atoms with Gasteiger partial charge in [0, 0.05) is 22.3 Å². The zero-order chi connectivity index (χ0) is 14.1. The van der Waals surface area contributed by atoms with Gasteiger partial charge in [0.05, 0.1) is 11.2 Å². The normalized spacial score (nSPS) is 10.8. The molecule has 0 fully saturated rings. The van der Waals surface area contributed by atoms with Gasteiger partial charge in [-0.25, -0.2) is 4.39 Å². The van der Waals surface area contributed by atoms with E-state index in [9.17, 15) is 4.39 Å². The fraction of sp³-hybridized carbons (Fsp3) is 0.0625. The van der Waals surface area contributed by atoms with Crippen LogP contribution < -0.4 is 5.32 Å². The number of rotatable bonds is 2. The van der Waals surface area contributed by atoms with Crippen molar-refractivity contribution in [1.29, 1.82) is 0 Å². The zero-order valence-electron chi connectivity index (χ0n) is 10.8. The molecule has 1 heterocycles. The third kappa shape index (κ3) is 2.45. The van der Waals surface area contributed by atoms with Crippen LogP contribution in [0, 0.1) is 12.7 Å². The summed E-state index contributed by atoms with van der Waals surface area (Å²) in [7, 11) is 0. The Morgan fingerprint density at radius 3 is 2.70 bits per heavy atom. The van der Waals surface area contributed by atoms with Crippen LogP contribution in [0.3, 0.4) is 0 Å². The number of aryl methyl sites for hydroxylation is 1. The predicted molar refractivity (Wildman–Crippen MR) is 81.2 cm³/mol. The van der Waals surface area contributed by atoms with Crippen molar-refractivity contribution in [3.63, 3.8) is 0 Å². The van der Waals surface area contributed by atoms with Crippen LogP contribution >= 0.6 is 11.6 Å². The first-order valence-electron chi connectivity index (χ1n) is 6.21. The number of hydrogen-bond donors (Lipinski definition) is 1. The number of benzene rings is 2. The third-order valence-corrected chi connectivity index (χ3v) is 3.33. The molecule has 100 valence electrons. The molecule has 0 unspecified atom stereocenters. The van der Waals surface area contributed by atoms with Crippen molar-refractivity contribution in [2.24, 2.45) is 0 Å². The van der Waals surface area contributed by atoms with E-state index in [-0.39, 0.29) is 5.82 Å². The van der Waals surface area contributed by atoms with E-state index in [1.54, 1.807) is 24.4 Å². The van der Waals surface area contributed by atoms with Gasteiger partial charge in [-0.1, -0.05) is 17.7 Å². The topological polar surface area (TPSA) is 24.9 Å². The monoisotopic (exact) mass is 286 g/mol. The molecule has 0 radical (unpaired) electrons. The second kappa shape index (κ2) is 5.10. The van der Waals surface area contributed by atoms with Gasteiger partial charge in [0.1, 0.15) is 5.82 Å². The molecule has 2 aromatic carbocycles. The van der Waals surface area contributed by atoms with Crippen LogP contribution in [-0.4, -0.2) is 4.98 Å². The maximum absolute atomic E-state index is 13.9. The first kappa shape index (κ1) is 12.9. The fourth-order valence-corrected chi connectivity index (χ4v) is 2.26. The van der Waals surface area contributed by atoms with Crippen LogP contribution in [-0.2, 0) is 0 Å². The minimum Gasteiger partial charge on any atom is -0.353 e.